The highest BCUT2D eigenvalue weighted by Crippen LogP contribution is 2.16. The highest BCUT2D eigenvalue weighted by molar-refractivity contribution is 5.71. The monoisotopic (exact) mass is 869 g/mol. The van der Waals surface area contributed by atoms with Crippen LogP contribution < -0.4 is 0 Å². The van der Waals surface area contributed by atoms with Gasteiger partial charge in [0.2, 0.25) is 0 Å². The number of carbonyl (C=O) groups excluding carboxylic acids is 3. The lowest BCUT2D eigenvalue weighted by Crippen LogP contribution is -2.30. The van der Waals surface area contributed by atoms with Crippen LogP contribution in [0.2, 0.25) is 0 Å². The number of carbonyl (C=O) groups is 3. The summed E-state index contributed by atoms with van der Waals surface area (Å²) in [5.41, 5.74) is 0. The second-order valence-corrected chi connectivity index (χ2v) is 17.8. The van der Waals surface area contributed by atoms with Gasteiger partial charge in [0.15, 0.2) is 6.10 Å². The SMILES string of the molecule is CCCCC/C=C\C/C=C\C/C=C\C/C=C\CCCC(=O)OC[C@@H](COC(=O)CCCCCCCCCCCC)OC(=O)CCCCCCCCCCCCCCCCCCC. The molecule has 0 spiro atoms. The lowest BCUT2D eigenvalue weighted by atomic mass is 10.0. The van der Waals surface area contributed by atoms with E-state index in [0.29, 0.717) is 19.3 Å². The fourth-order valence-electron chi connectivity index (χ4n) is 7.55. The number of rotatable bonds is 48. The van der Waals surface area contributed by atoms with Crippen LogP contribution in [0, 0.1) is 0 Å². The molecule has 0 saturated carbocycles. The standard InChI is InChI=1S/C56H100O6/c1-4-7-10-13-16-19-22-24-26-28-30-32-34-37-40-43-46-49-55(58)61-52-53(51-60-54(57)48-45-42-39-36-21-18-15-12-9-6-3)62-56(59)50-47-44-41-38-35-33-31-29-27-25-23-20-17-14-11-8-5-2/h16,19,24,26,30,32,37,40,53H,4-15,17-18,20-23,25,27-29,31,33-36,38-39,41-52H2,1-3H3/b19-16-,26-24-,32-30-,40-37-/t53-/m1/s1. The van der Waals surface area contributed by atoms with E-state index in [1.807, 2.05) is 0 Å². The Kier molecular flexibility index (Phi) is 48.8. The van der Waals surface area contributed by atoms with E-state index in [9.17, 15) is 14.4 Å². The van der Waals surface area contributed by atoms with Gasteiger partial charge in [0, 0.05) is 19.3 Å². The third kappa shape index (κ3) is 48.4. The van der Waals surface area contributed by atoms with E-state index >= 15 is 0 Å². The van der Waals surface area contributed by atoms with E-state index < -0.39 is 6.10 Å². The summed E-state index contributed by atoms with van der Waals surface area (Å²) >= 11 is 0. The molecule has 6 heteroatoms. The van der Waals surface area contributed by atoms with Crippen molar-refractivity contribution in [3.63, 3.8) is 0 Å². The van der Waals surface area contributed by atoms with E-state index in [1.165, 1.54) is 161 Å². The number of unbranched alkanes of at least 4 members (excludes halogenated alkanes) is 29. The lowest BCUT2D eigenvalue weighted by Gasteiger charge is -2.18. The quantitative estimate of drug-likeness (QED) is 0.0262. The Hall–Kier alpha value is -2.63. The largest absolute Gasteiger partial charge is 0.462 e. The summed E-state index contributed by atoms with van der Waals surface area (Å²) in [5.74, 6) is -0.936. The van der Waals surface area contributed by atoms with Crippen LogP contribution in [0.25, 0.3) is 0 Å². The van der Waals surface area contributed by atoms with E-state index in [4.69, 9.17) is 14.2 Å². The third-order valence-electron chi connectivity index (χ3n) is 11.6. The van der Waals surface area contributed by atoms with Gasteiger partial charge in [-0.1, -0.05) is 243 Å². The molecule has 0 aromatic carbocycles. The maximum Gasteiger partial charge on any atom is 0.306 e. The second-order valence-electron chi connectivity index (χ2n) is 17.8. The molecule has 0 fully saturated rings. The van der Waals surface area contributed by atoms with Crippen LogP contribution in [-0.4, -0.2) is 37.2 Å². The molecule has 0 N–H and O–H groups in total. The van der Waals surface area contributed by atoms with Crippen LogP contribution in [0.4, 0.5) is 0 Å². The molecular weight excluding hydrogens is 769 g/mol. The number of ether oxygens (including phenoxy) is 3. The van der Waals surface area contributed by atoms with Crippen molar-refractivity contribution in [1.82, 2.24) is 0 Å². The predicted molar refractivity (Wildman–Crippen MR) is 265 cm³/mol. The van der Waals surface area contributed by atoms with Crippen LogP contribution in [0.15, 0.2) is 48.6 Å². The van der Waals surface area contributed by atoms with Crippen LogP contribution in [0.5, 0.6) is 0 Å². The Bertz CT molecular complexity index is 1090. The molecule has 0 aliphatic carbocycles. The first-order valence-electron chi connectivity index (χ1n) is 26.6. The third-order valence-corrected chi connectivity index (χ3v) is 11.6. The molecule has 0 bridgehead atoms. The molecular formula is C56H100O6. The fourth-order valence-corrected chi connectivity index (χ4v) is 7.55. The Morgan fingerprint density at radius 3 is 0.968 bits per heavy atom. The molecule has 0 aromatic heterocycles. The van der Waals surface area contributed by atoms with Crippen molar-refractivity contribution >= 4 is 17.9 Å². The van der Waals surface area contributed by atoms with Gasteiger partial charge in [-0.3, -0.25) is 14.4 Å². The first kappa shape index (κ1) is 59.4. The minimum atomic E-state index is -0.789. The van der Waals surface area contributed by atoms with Crippen molar-refractivity contribution in [3.8, 4) is 0 Å². The molecule has 0 amide bonds. The van der Waals surface area contributed by atoms with Gasteiger partial charge < -0.3 is 14.2 Å². The van der Waals surface area contributed by atoms with Crippen LogP contribution in [0.3, 0.4) is 0 Å². The Balaban J connectivity index is 4.39. The number of hydrogen-bond acceptors (Lipinski definition) is 6. The maximum absolute atomic E-state index is 12.8. The summed E-state index contributed by atoms with van der Waals surface area (Å²) < 4.78 is 16.8. The van der Waals surface area contributed by atoms with Crippen molar-refractivity contribution in [2.24, 2.45) is 0 Å². The molecule has 0 radical (unpaired) electrons. The van der Waals surface area contributed by atoms with Crippen LogP contribution >= 0.6 is 0 Å². The highest BCUT2D eigenvalue weighted by atomic mass is 16.6. The zero-order valence-electron chi connectivity index (χ0n) is 41.1. The van der Waals surface area contributed by atoms with Gasteiger partial charge in [-0.15, -0.1) is 0 Å². The molecule has 0 heterocycles. The van der Waals surface area contributed by atoms with Crippen molar-refractivity contribution in [3.05, 3.63) is 48.6 Å². The summed E-state index contributed by atoms with van der Waals surface area (Å²) in [6, 6.07) is 0. The van der Waals surface area contributed by atoms with Gasteiger partial charge >= 0.3 is 17.9 Å². The summed E-state index contributed by atoms with van der Waals surface area (Å²) in [4.78, 5) is 37.9. The average Bonchev–Trinajstić information content (AvgIpc) is 3.27. The van der Waals surface area contributed by atoms with E-state index in [0.717, 1.165) is 64.2 Å². The smallest absolute Gasteiger partial charge is 0.306 e. The highest BCUT2D eigenvalue weighted by Gasteiger charge is 2.19. The molecule has 0 aliphatic rings. The van der Waals surface area contributed by atoms with E-state index in [2.05, 4.69) is 69.4 Å². The zero-order valence-corrected chi connectivity index (χ0v) is 41.1. The van der Waals surface area contributed by atoms with Gasteiger partial charge in [0.25, 0.3) is 0 Å². The molecule has 0 aliphatic heterocycles. The fraction of sp³-hybridized carbons (Fsp3) is 0.804. The van der Waals surface area contributed by atoms with Gasteiger partial charge in [-0.2, -0.15) is 0 Å². The maximum atomic E-state index is 12.8. The predicted octanol–water partition coefficient (Wildman–Crippen LogP) is 17.5. The molecule has 6 nitrogen and oxygen atoms in total. The van der Waals surface area contributed by atoms with Crippen molar-refractivity contribution in [2.45, 2.75) is 277 Å². The van der Waals surface area contributed by atoms with E-state index in [-0.39, 0.29) is 37.5 Å². The number of esters is 3. The molecule has 0 saturated heterocycles. The van der Waals surface area contributed by atoms with Gasteiger partial charge in [0.05, 0.1) is 0 Å². The van der Waals surface area contributed by atoms with Gasteiger partial charge in [-0.05, 0) is 57.8 Å². The molecule has 0 rings (SSSR count). The van der Waals surface area contributed by atoms with Crippen LogP contribution in [0.1, 0.15) is 271 Å². The molecule has 360 valence electrons. The molecule has 0 aromatic rings. The van der Waals surface area contributed by atoms with E-state index in [1.54, 1.807) is 0 Å². The van der Waals surface area contributed by atoms with Crippen molar-refractivity contribution < 1.29 is 28.6 Å². The number of hydrogen-bond donors (Lipinski definition) is 0. The Morgan fingerprint density at radius 2 is 0.597 bits per heavy atom. The summed E-state index contributed by atoms with van der Waals surface area (Å²) in [6.45, 7) is 6.57. The summed E-state index contributed by atoms with van der Waals surface area (Å²) in [5, 5.41) is 0. The first-order chi connectivity index (χ1) is 30.5. The van der Waals surface area contributed by atoms with Crippen LogP contribution in [-0.2, 0) is 28.6 Å². The first-order valence-corrected chi connectivity index (χ1v) is 26.6. The normalized spacial score (nSPS) is 12.4. The molecule has 1 atom stereocenters. The minimum Gasteiger partial charge on any atom is -0.462 e. The molecule has 0 unspecified atom stereocenters. The summed E-state index contributed by atoms with van der Waals surface area (Å²) in [7, 11) is 0. The minimum absolute atomic E-state index is 0.0864. The average molecular weight is 869 g/mol. The van der Waals surface area contributed by atoms with Gasteiger partial charge in [-0.25, -0.2) is 0 Å². The molecule has 62 heavy (non-hydrogen) atoms. The number of allylic oxidation sites excluding steroid dienone is 8. The van der Waals surface area contributed by atoms with Gasteiger partial charge in [0.1, 0.15) is 13.2 Å². The Labute approximate surface area is 384 Å². The summed E-state index contributed by atoms with van der Waals surface area (Å²) in [6.07, 6.45) is 61.0. The lowest BCUT2D eigenvalue weighted by molar-refractivity contribution is -0.167. The topological polar surface area (TPSA) is 78.9 Å². The second kappa shape index (κ2) is 51.0. The zero-order chi connectivity index (χ0) is 45.1. The van der Waals surface area contributed by atoms with Crippen molar-refractivity contribution in [2.75, 3.05) is 13.2 Å². The Morgan fingerprint density at radius 1 is 0.323 bits per heavy atom. The van der Waals surface area contributed by atoms with Crippen molar-refractivity contribution in [1.29, 1.82) is 0 Å².